The summed E-state index contributed by atoms with van der Waals surface area (Å²) in [6.45, 7) is -0.695. The highest BCUT2D eigenvalue weighted by Crippen LogP contribution is 2.66. The number of rotatable bonds is 12. The number of methoxy groups -OCH3 is 1. The van der Waals surface area contributed by atoms with Gasteiger partial charge >= 0.3 is 29.2 Å². The lowest BCUT2D eigenvalue weighted by Crippen LogP contribution is -2.39. The van der Waals surface area contributed by atoms with Crippen molar-refractivity contribution in [1.29, 1.82) is 0 Å². The number of H-pyrrole nitrogens is 1. The van der Waals surface area contributed by atoms with E-state index in [0.717, 1.165) is 4.57 Å². The zero-order chi connectivity index (χ0) is 25.9. The van der Waals surface area contributed by atoms with Gasteiger partial charge in [-0.15, -0.1) is 0 Å². The van der Waals surface area contributed by atoms with Gasteiger partial charge in [-0.2, -0.15) is 8.62 Å². The van der Waals surface area contributed by atoms with Crippen molar-refractivity contribution in [2.45, 2.75) is 37.4 Å². The van der Waals surface area contributed by atoms with E-state index < -0.39 is 65.9 Å². The predicted octanol–water partition coefficient (Wildman–Crippen LogP) is -1.96. The van der Waals surface area contributed by atoms with Crippen LogP contribution in [0.25, 0.3) is 0 Å². The van der Waals surface area contributed by atoms with Crippen molar-refractivity contribution < 1.29 is 61.0 Å². The third-order valence-corrected chi connectivity index (χ3v) is 8.17. The third kappa shape index (κ3) is 7.98. The van der Waals surface area contributed by atoms with E-state index >= 15 is 0 Å². The van der Waals surface area contributed by atoms with Crippen molar-refractivity contribution in [3.05, 3.63) is 32.6 Å². The van der Waals surface area contributed by atoms with Gasteiger partial charge in [-0.1, -0.05) is 0 Å². The van der Waals surface area contributed by atoms with Gasteiger partial charge in [0.15, 0.2) is 6.23 Å². The summed E-state index contributed by atoms with van der Waals surface area (Å²) >= 11 is 0. The second-order valence-corrected chi connectivity index (χ2v) is 11.3. The second-order valence-electron chi connectivity index (χ2n) is 6.86. The molecule has 1 aliphatic rings. The number of nitrogens with zero attached hydrogens (tertiary/aromatic N) is 1. The number of aliphatic hydroxyl groups excluding tert-OH is 1. The molecule has 1 aliphatic heterocycles. The highest BCUT2D eigenvalue weighted by molar-refractivity contribution is 7.66. The van der Waals surface area contributed by atoms with Crippen LogP contribution in [0.1, 0.15) is 18.2 Å². The molecule has 0 radical (unpaired) electrons. The summed E-state index contributed by atoms with van der Waals surface area (Å²) in [5.74, 6) is 0. The minimum absolute atomic E-state index is 0.190. The molecule has 0 aromatic carbocycles. The summed E-state index contributed by atoms with van der Waals surface area (Å²) in [6, 6.07) is 0. The second kappa shape index (κ2) is 11.3. The van der Waals surface area contributed by atoms with Crippen molar-refractivity contribution >= 4 is 23.5 Å². The van der Waals surface area contributed by atoms with Crippen LogP contribution in [0.5, 0.6) is 0 Å². The molecular formula is C13H24N3O15P3. The molecule has 0 spiro atoms. The highest BCUT2D eigenvalue weighted by atomic mass is 31.3. The fourth-order valence-electron chi connectivity index (χ4n) is 2.99. The Morgan fingerprint density at radius 3 is 2.35 bits per heavy atom. The number of aryl methyl sites for hydroxylation is 1. The number of nitrogens with one attached hydrogen (secondary N) is 1. The lowest BCUT2D eigenvalue weighted by Gasteiger charge is -2.20. The number of aliphatic hydroxyl groups is 1. The van der Waals surface area contributed by atoms with E-state index in [1.807, 2.05) is 0 Å². The van der Waals surface area contributed by atoms with Gasteiger partial charge in [-0.25, -0.2) is 18.5 Å². The molecule has 1 aromatic rings. The molecule has 34 heavy (non-hydrogen) atoms. The maximum Gasteiger partial charge on any atom is 0.490 e. The minimum atomic E-state index is -5.73. The third-order valence-electron chi connectivity index (χ3n) is 4.37. The van der Waals surface area contributed by atoms with Crippen LogP contribution >= 0.6 is 23.5 Å². The van der Waals surface area contributed by atoms with Crippen molar-refractivity contribution in [3.63, 3.8) is 0 Å². The number of hydrogen-bond acceptors (Lipinski definition) is 12. The van der Waals surface area contributed by atoms with Crippen LogP contribution in [-0.4, -0.2) is 72.8 Å². The fraction of sp³-hybridized carbons (Fsp3) is 0.692. The first kappa shape index (κ1) is 29.2. The summed E-state index contributed by atoms with van der Waals surface area (Å²) in [6.07, 6.45) is -3.76. The Bertz CT molecular complexity index is 1110. The maximum atomic E-state index is 12.3. The molecule has 2 heterocycles. The van der Waals surface area contributed by atoms with E-state index in [4.69, 9.17) is 25.0 Å². The SMILES string of the molecule is CO[C@@H]1[C@H](O)[C@@H](COP(=O)(O)OP(=O)(O)OP(=O)(O)O)O[C@H]1n1cc(CCCN)c(=O)[nH]c1=O. The molecule has 0 bridgehead atoms. The summed E-state index contributed by atoms with van der Waals surface area (Å²) in [5, 5.41) is 10.4. The van der Waals surface area contributed by atoms with Crippen LogP contribution in [0.15, 0.2) is 15.8 Å². The van der Waals surface area contributed by atoms with Gasteiger partial charge in [-0.05, 0) is 19.4 Å². The van der Waals surface area contributed by atoms with Crippen LogP contribution in [0, 0.1) is 0 Å². The Labute approximate surface area is 190 Å². The average Bonchev–Trinajstić information content (AvgIpc) is 2.98. The Balaban J connectivity index is 2.18. The van der Waals surface area contributed by atoms with Gasteiger partial charge in [0.25, 0.3) is 5.56 Å². The smallest absolute Gasteiger partial charge is 0.387 e. The molecule has 0 aliphatic carbocycles. The molecule has 6 atom stereocenters. The summed E-state index contributed by atoms with van der Waals surface area (Å²) < 4.78 is 57.1. The van der Waals surface area contributed by atoms with E-state index in [-0.39, 0.29) is 18.5 Å². The first-order chi connectivity index (χ1) is 15.6. The normalized spacial score (nSPS) is 26.8. The Kier molecular flexibility index (Phi) is 9.72. The van der Waals surface area contributed by atoms with Crippen molar-refractivity contribution in [2.24, 2.45) is 5.73 Å². The van der Waals surface area contributed by atoms with Crippen molar-refractivity contribution in [3.8, 4) is 0 Å². The molecule has 1 fully saturated rings. The van der Waals surface area contributed by atoms with Gasteiger partial charge in [0.05, 0.1) is 6.61 Å². The molecule has 8 N–H and O–H groups in total. The Hall–Kier alpha value is -1.07. The van der Waals surface area contributed by atoms with Gasteiger partial charge < -0.3 is 39.9 Å². The summed E-state index contributed by atoms with van der Waals surface area (Å²) in [4.78, 5) is 62.2. The largest absolute Gasteiger partial charge is 0.490 e. The van der Waals surface area contributed by atoms with E-state index in [1.54, 1.807) is 0 Å². The molecule has 1 saturated heterocycles. The van der Waals surface area contributed by atoms with Crippen LogP contribution in [-0.2, 0) is 42.7 Å². The maximum absolute atomic E-state index is 12.3. The highest BCUT2D eigenvalue weighted by Gasteiger charge is 2.47. The Morgan fingerprint density at radius 2 is 1.79 bits per heavy atom. The molecule has 2 rings (SSSR count). The number of nitrogens with two attached hydrogens (primary N) is 1. The van der Waals surface area contributed by atoms with Crippen molar-refractivity contribution in [1.82, 2.24) is 9.55 Å². The lowest BCUT2D eigenvalue weighted by atomic mass is 10.1. The quantitative estimate of drug-likeness (QED) is 0.138. The molecular weight excluding hydrogens is 531 g/mol. The van der Waals surface area contributed by atoms with E-state index in [1.165, 1.54) is 13.3 Å². The number of phosphoric ester groups is 1. The molecule has 21 heteroatoms. The minimum Gasteiger partial charge on any atom is -0.387 e. The fourth-order valence-corrected chi connectivity index (χ4v) is 6.02. The standard InChI is InChI=1S/C13H24N3O15P3/c1-27-10-9(17)8(6-28-33(23,24)31-34(25,26)30-32(20,21)22)29-12(10)16-5-7(3-2-4-14)11(18)15-13(16)19/h5,8-10,12,17H,2-4,6,14H2,1H3,(H,23,24)(H,25,26)(H,15,18,19)(H2,20,21,22)/t8-,9-,10-,12-/m1/s1. The zero-order valence-corrected chi connectivity index (χ0v) is 20.1. The van der Waals surface area contributed by atoms with Crippen LogP contribution in [0.4, 0.5) is 0 Å². The lowest BCUT2D eigenvalue weighted by molar-refractivity contribution is -0.0621. The Morgan fingerprint density at radius 1 is 1.15 bits per heavy atom. The predicted molar refractivity (Wildman–Crippen MR) is 109 cm³/mol. The molecule has 1 aromatic heterocycles. The first-order valence-electron chi connectivity index (χ1n) is 9.28. The van der Waals surface area contributed by atoms with E-state index in [2.05, 4.69) is 18.1 Å². The van der Waals surface area contributed by atoms with Crippen molar-refractivity contribution in [2.75, 3.05) is 20.3 Å². The van der Waals surface area contributed by atoms with Crippen LogP contribution in [0.2, 0.25) is 0 Å². The molecule has 2 unspecified atom stereocenters. The number of aromatic amines is 1. The molecule has 196 valence electrons. The monoisotopic (exact) mass is 555 g/mol. The zero-order valence-electron chi connectivity index (χ0n) is 17.4. The van der Waals surface area contributed by atoms with Gasteiger partial charge in [0.1, 0.15) is 18.3 Å². The van der Waals surface area contributed by atoms with E-state index in [0.29, 0.717) is 6.42 Å². The first-order valence-corrected chi connectivity index (χ1v) is 13.8. The van der Waals surface area contributed by atoms with Gasteiger partial charge in [0.2, 0.25) is 0 Å². The number of ether oxygens (including phenoxy) is 2. The van der Waals surface area contributed by atoms with Crippen LogP contribution < -0.4 is 17.0 Å². The molecule has 0 saturated carbocycles. The van der Waals surface area contributed by atoms with E-state index in [9.17, 15) is 38.2 Å². The van der Waals surface area contributed by atoms with Gasteiger partial charge in [0, 0.05) is 18.9 Å². The number of phosphoric acid groups is 3. The number of hydrogen-bond donors (Lipinski definition) is 7. The van der Waals surface area contributed by atoms with Crippen LogP contribution in [0.3, 0.4) is 0 Å². The summed E-state index contributed by atoms with van der Waals surface area (Å²) in [5.41, 5.74) is 4.06. The average molecular weight is 555 g/mol. The van der Waals surface area contributed by atoms with Gasteiger partial charge in [-0.3, -0.25) is 18.9 Å². The molecule has 18 nitrogen and oxygen atoms in total. The number of aromatic nitrogens is 2. The molecule has 0 amide bonds. The topological polar surface area (TPSA) is 279 Å². The summed E-state index contributed by atoms with van der Waals surface area (Å²) in [7, 11) is -15.6.